The van der Waals surface area contributed by atoms with Crippen LogP contribution in [0.2, 0.25) is 0 Å². The van der Waals surface area contributed by atoms with Crippen molar-refractivity contribution in [2.45, 2.75) is 57.0 Å². The third-order valence-electron chi connectivity index (χ3n) is 6.36. The Morgan fingerprint density at radius 1 is 1.26 bits per heavy atom. The maximum absolute atomic E-state index is 12.8. The van der Waals surface area contributed by atoms with Crippen LogP contribution in [-0.2, 0) is 15.6 Å². The van der Waals surface area contributed by atoms with Gasteiger partial charge in [-0.1, -0.05) is 20.8 Å². The molecular weight excluding hydrogens is 360 g/mol. The molecule has 2 fully saturated rings. The Morgan fingerprint density at radius 3 is 2.81 bits per heavy atom. The van der Waals surface area contributed by atoms with Gasteiger partial charge in [0.2, 0.25) is 5.95 Å². The van der Waals surface area contributed by atoms with E-state index in [1.807, 2.05) is 0 Å². The zero-order chi connectivity index (χ0) is 19.2. The van der Waals surface area contributed by atoms with Crippen molar-refractivity contribution in [2.24, 2.45) is 11.8 Å². The Balaban J connectivity index is 1.61. The highest BCUT2D eigenvalue weighted by Crippen LogP contribution is 2.39. The zero-order valence-electron chi connectivity index (χ0n) is 16.8. The molecule has 0 spiro atoms. The van der Waals surface area contributed by atoms with Crippen molar-refractivity contribution in [3.05, 3.63) is 17.5 Å². The van der Waals surface area contributed by atoms with Crippen molar-refractivity contribution in [1.29, 1.82) is 0 Å². The molecule has 7 heteroatoms. The minimum Gasteiger partial charge on any atom is -0.341 e. The first-order valence-corrected chi connectivity index (χ1v) is 12.1. The number of anilines is 1. The van der Waals surface area contributed by atoms with Crippen LogP contribution >= 0.6 is 0 Å². The van der Waals surface area contributed by atoms with Gasteiger partial charge in [-0.2, -0.15) is 0 Å². The van der Waals surface area contributed by atoms with Gasteiger partial charge in [0.1, 0.15) is 0 Å². The SMILES string of the molecule is CC(C)CCN1C[C@@H]2c3nc(N4CCCC(C)C4)ncc3CS(=O)(=O)[C@@H]2C1. The summed E-state index contributed by atoms with van der Waals surface area (Å²) in [6.45, 7) is 11.1. The Morgan fingerprint density at radius 2 is 2.07 bits per heavy atom. The zero-order valence-corrected chi connectivity index (χ0v) is 17.6. The third kappa shape index (κ3) is 3.86. The molecule has 150 valence electrons. The minimum absolute atomic E-state index is 0.00474. The molecule has 3 aliphatic heterocycles. The average molecular weight is 393 g/mol. The van der Waals surface area contributed by atoms with Crippen molar-refractivity contribution < 1.29 is 8.42 Å². The van der Waals surface area contributed by atoms with E-state index in [-0.39, 0.29) is 16.9 Å². The Labute approximate surface area is 163 Å². The molecule has 3 aliphatic rings. The summed E-state index contributed by atoms with van der Waals surface area (Å²) in [6.07, 6.45) is 5.31. The van der Waals surface area contributed by atoms with E-state index >= 15 is 0 Å². The Kier molecular flexibility index (Phi) is 5.18. The summed E-state index contributed by atoms with van der Waals surface area (Å²) in [4.78, 5) is 14.1. The maximum atomic E-state index is 12.8. The van der Waals surface area contributed by atoms with E-state index in [9.17, 15) is 8.42 Å². The second-order valence-corrected chi connectivity index (χ2v) is 11.4. The van der Waals surface area contributed by atoms with Crippen LogP contribution in [0.4, 0.5) is 5.95 Å². The molecule has 0 N–H and O–H groups in total. The molecule has 0 bridgehead atoms. The summed E-state index contributed by atoms with van der Waals surface area (Å²) >= 11 is 0. The predicted octanol–water partition coefficient (Wildman–Crippen LogP) is 2.46. The van der Waals surface area contributed by atoms with Gasteiger partial charge in [-0.3, -0.25) is 0 Å². The van der Waals surface area contributed by atoms with Crippen LogP contribution in [-0.4, -0.2) is 61.3 Å². The summed E-state index contributed by atoms with van der Waals surface area (Å²) < 4.78 is 25.7. The average Bonchev–Trinajstić information content (AvgIpc) is 3.05. The van der Waals surface area contributed by atoms with Crippen LogP contribution in [0.1, 0.15) is 57.2 Å². The van der Waals surface area contributed by atoms with Crippen molar-refractivity contribution >= 4 is 15.8 Å². The lowest BCUT2D eigenvalue weighted by Gasteiger charge is -2.32. The molecule has 0 aromatic carbocycles. The fraction of sp³-hybridized carbons (Fsp3) is 0.800. The van der Waals surface area contributed by atoms with Crippen LogP contribution in [0.5, 0.6) is 0 Å². The molecule has 0 radical (unpaired) electrons. The molecule has 1 aromatic heterocycles. The number of hydrogen-bond donors (Lipinski definition) is 0. The highest BCUT2D eigenvalue weighted by Gasteiger charge is 2.47. The fourth-order valence-electron chi connectivity index (χ4n) is 4.79. The number of piperidine rings is 1. The van der Waals surface area contributed by atoms with Gasteiger partial charge < -0.3 is 9.80 Å². The molecule has 3 atom stereocenters. The van der Waals surface area contributed by atoms with Gasteiger partial charge in [0, 0.05) is 43.9 Å². The van der Waals surface area contributed by atoms with Gasteiger partial charge >= 0.3 is 0 Å². The van der Waals surface area contributed by atoms with Gasteiger partial charge in [0.25, 0.3) is 0 Å². The number of fused-ring (bicyclic) bond motifs is 3. The van der Waals surface area contributed by atoms with Gasteiger partial charge in [-0.15, -0.1) is 0 Å². The van der Waals surface area contributed by atoms with Crippen LogP contribution in [0.15, 0.2) is 6.20 Å². The molecular formula is C20H32N4O2S. The van der Waals surface area contributed by atoms with E-state index in [4.69, 9.17) is 4.98 Å². The largest absolute Gasteiger partial charge is 0.341 e. The number of aromatic nitrogens is 2. The standard InChI is InChI=1S/C20H32N4O2S/c1-14(2)6-8-23-11-17-18(12-23)27(25,26)13-16-9-21-20(22-19(16)17)24-7-4-5-15(3)10-24/h9,14-15,17-18H,4-8,10-13H2,1-3H3/t15?,17-,18+/m0/s1. The number of likely N-dealkylation sites (tertiary alicyclic amines) is 1. The fourth-order valence-corrected chi connectivity index (χ4v) is 6.81. The molecule has 4 heterocycles. The van der Waals surface area contributed by atoms with Gasteiger partial charge in [-0.05, 0) is 37.6 Å². The van der Waals surface area contributed by atoms with Gasteiger partial charge in [-0.25, -0.2) is 18.4 Å². The third-order valence-corrected chi connectivity index (χ3v) is 8.47. The van der Waals surface area contributed by atoms with Crippen molar-refractivity contribution in [1.82, 2.24) is 14.9 Å². The second kappa shape index (κ2) is 7.32. The van der Waals surface area contributed by atoms with Crippen LogP contribution in [0.3, 0.4) is 0 Å². The highest BCUT2D eigenvalue weighted by atomic mass is 32.2. The summed E-state index contributed by atoms with van der Waals surface area (Å²) in [5.74, 6) is 2.17. The van der Waals surface area contributed by atoms with E-state index in [2.05, 4.69) is 35.6 Å². The first kappa shape index (κ1) is 19.1. The van der Waals surface area contributed by atoms with E-state index in [1.54, 1.807) is 6.20 Å². The summed E-state index contributed by atoms with van der Waals surface area (Å²) in [6, 6.07) is 0. The molecule has 4 rings (SSSR count). The highest BCUT2D eigenvalue weighted by molar-refractivity contribution is 7.91. The first-order valence-electron chi connectivity index (χ1n) is 10.4. The predicted molar refractivity (Wildman–Crippen MR) is 108 cm³/mol. The second-order valence-electron chi connectivity index (χ2n) is 9.17. The number of rotatable bonds is 4. The topological polar surface area (TPSA) is 66.4 Å². The maximum Gasteiger partial charge on any atom is 0.225 e. The van der Waals surface area contributed by atoms with Crippen molar-refractivity contribution in [3.63, 3.8) is 0 Å². The molecule has 0 saturated carbocycles. The summed E-state index contributed by atoms with van der Waals surface area (Å²) in [5, 5.41) is -0.305. The molecule has 1 aromatic rings. The molecule has 0 amide bonds. The summed E-state index contributed by atoms with van der Waals surface area (Å²) in [5.41, 5.74) is 1.81. The van der Waals surface area contributed by atoms with Crippen molar-refractivity contribution in [2.75, 3.05) is 37.6 Å². The molecule has 6 nitrogen and oxygen atoms in total. The summed E-state index contributed by atoms with van der Waals surface area (Å²) in [7, 11) is -3.13. The number of nitrogens with zero attached hydrogens (tertiary/aromatic N) is 4. The quantitative estimate of drug-likeness (QED) is 0.784. The van der Waals surface area contributed by atoms with E-state index in [0.29, 0.717) is 18.4 Å². The van der Waals surface area contributed by atoms with E-state index in [1.165, 1.54) is 12.8 Å². The smallest absolute Gasteiger partial charge is 0.225 e. The number of sulfone groups is 1. The normalized spacial score (nSPS) is 30.4. The van der Waals surface area contributed by atoms with E-state index < -0.39 is 9.84 Å². The lowest BCUT2D eigenvalue weighted by Crippen LogP contribution is -2.38. The number of hydrogen-bond acceptors (Lipinski definition) is 6. The van der Waals surface area contributed by atoms with Crippen molar-refractivity contribution in [3.8, 4) is 0 Å². The molecule has 0 aliphatic carbocycles. The van der Waals surface area contributed by atoms with Crippen LogP contribution in [0.25, 0.3) is 0 Å². The molecule has 2 saturated heterocycles. The lowest BCUT2D eigenvalue weighted by atomic mass is 9.99. The molecule has 1 unspecified atom stereocenters. The van der Waals surface area contributed by atoms with Gasteiger partial charge in [0.05, 0.1) is 16.7 Å². The lowest BCUT2D eigenvalue weighted by molar-refractivity contribution is 0.310. The first-order chi connectivity index (χ1) is 12.8. The monoisotopic (exact) mass is 392 g/mol. The Hall–Kier alpha value is -1.21. The molecule has 27 heavy (non-hydrogen) atoms. The Bertz CT molecular complexity index is 795. The van der Waals surface area contributed by atoms with Crippen LogP contribution in [0, 0.1) is 11.8 Å². The minimum atomic E-state index is -3.13. The van der Waals surface area contributed by atoms with E-state index in [0.717, 1.165) is 49.8 Å². The van der Waals surface area contributed by atoms with Crippen LogP contribution < -0.4 is 4.90 Å². The van der Waals surface area contributed by atoms with Gasteiger partial charge in [0.15, 0.2) is 9.84 Å².